The van der Waals surface area contributed by atoms with E-state index in [4.69, 9.17) is 12.2 Å². The molecule has 5 nitrogen and oxygen atoms in total. The van der Waals surface area contributed by atoms with Crippen LogP contribution in [0.4, 0.5) is 0 Å². The molecule has 6 heteroatoms. The number of aromatic amines is 1. The van der Waals surface area contributed by atoms with Crippen molar-refractivity contribution in [2.24, 2.45) is 0 Å². The van der Waals surface area contributed by atoms with Gasteiger partial charge < -0.3 is 5.11 Å². The average molecular weight is 304 g/mol. The molecule has 112 valence electrons. The van der Waals surface area contributed by atoms with E-state index in [1.165, 1.54) is 5.56 Å². The minimum Gasteiger partial charge on any atom is -0.388 e. The lowest BCUT2D eigenvalue weighted by molar-refractivity contribution is 0.172. The number of aliphatic hydroxyl groups excluding tert-OH is 1. The number of hydrogen-bond donors (Lipinski definition) is 2. The Balaban J connectivity index is 1.63. The molecule has 0 spiro atoms. The molecule has 0 bridgehead atoms. The number of nitrogens with one attached hydrogen (secondary N) is 1. The molecule has 0 radical (unpaired) electrons. The van der Waals surface area contributed by atoms with Crippen molar-refractivity contribution in [3.8, 4) is 0 Å². The quantitative estimate of drug-likeness (QED) is 0.851. The molecule has 21 heavy (non-hydrogen) atoms. The molecule has 2 N–H and O–H groups in total. The summed E-state index contributed by atoms with van der Waals surface area (Å²) in [5, 5.41) is 16.2. The normalized spacial score (nSPS) is 17.2. The number of rotatable bonds is 4. The van der Waals surface area contributed by atoms with Crippen LogP contribution in [0.15, 0.2) is 30.3 Å². The van der Waals surface area contributed by atoms with Crippen LogP contribution in [-0.2, 0) is 13.2 Å². The SMILES string of the molecule is OCc1n[nH]c(=S)n1C1CCN(Cc2ccccc2)CC1. The molecule has 0 saturated carbocycles. The van der Waals surface area contributed by atoms with Crippen molar-refractivity contribution in [3.05, 3.63) is 46.5 Å². The monoisotopic (exact) mass is 304 g/mol. The second-order valence-electron chi connectivity index (χ2n) is 5.47. The second-order valence-corrected chi connectivity index (χ2v) is 5.85. The molecular weight excluding hydrogens is 284 g/mol. The van der Waals surface area contributed by atoms with Crippen molar-refractivity contribution in [2.75, 3.05) is 13.1 Å². The number of H-pyrrole nitrogens is 1. The molecule has 2 heterocycles. The fourth-order valence-corrected chi connectivity index (χ4v) is 3.30. The van der Waals surface area contributed by atoms with Crippen LogP contribution in [0, 0.1) is 4.77 Å². The number of aliphatic hydroxyl groups is 1. The van der Waals surface area contributed by atoms with Gasteiger partial charge in [-0.3, -0.25) is 14.6 Å². The summed E-state index contributed by atoms with van der Waals surface area (Å²) < 4.78 is 2.59. The molecule has 1 saturated heterocycles. The molecule has 0 atom stereocenters. The number of benzene rings is 1. The summed E-state index contributed by atoms with van der Waals surface area (Å²) in [5.74, 6) is 0.640. The Labute approximate surface area is 129 Å². The summed E-state index contributed by atoms with van der Waals surface area (Å²) in [6, 6.07) is 10.9. The van der Waals surface area contributed by atoms with E-state index in [1.807, 2.05) is 10.6 Å². The Bertz CT molecular complexity index is 629. The van der Waals surface area contributed by atoms with E-state index in [0.29, 0.717) is 16.6 Å². The van der Waals surface area contributed by atoms with Crippen LogP contribution in [0.25, 0.3) is 0 Å². The Morgan fingerprint density at radius 3 is 2.62 bits per heavy atom. The second kappa shape index (κ2) is 6.51. The minimum atomic E-state index is -0.0721. The summed E-state index contributed by atoms with van der Waals surface area (Å²) in [7, 11) is 0. The Hall–Kier alpha value is -1.50. The molecule has 0 amide bonds. The summed E-state index contributed by atoms with van der Waals surface area (Å²) in [6.07, 6.45) is 2.07. The third-order valence-electron chi connectivity index (χ3n) is 4.09. The average Bonchev–Trinajstić information content (AvgIpc) is 2.90. The molecule has 1 aliphatic rings. The van der Waals surface area contributed by atoms with Gasteiger partial charge >= 0.3 is 0 Å². The first-order valence-electron chi connectivity index (χ1n) is 7.31. The van der Waals surface area contributed by atoms with Gasteiger partial charge in [0.15, 0.2) is 10.6 Å². The van der Waals surface area contributed by atoms with Crippen molar-refractivity contribution in [1.82, 2.24) is 19.7 Å². The Kier molecular flexibility index (Phi) is 4.48. The van der Waals surface area contributed by atoms with Crippen LogP contribution in [-0.4, -0.2) is 37.9 Å². The van der Waals surface area contributed by atoms with Gasteiger partial charge in [0, 0.05) is 25.7 Å². The topological polar surface area (TPSA) is 57.1 Å². The highest BCUT2D eigenvalue weighted by Gasteiger charge is 2.23. The number of hydrogen-bond acceptors (Lipinski definition) is 4. The lowest BCUT2D eigenvalue weighted by Crippen LogP contribution is -2.34. The van der Waals surface area contributed by atoms with Gasteiger partial charge in [0.25, 0.3) is 0 Å². The van der Waals surface area contributed by atoms with Crippen LogP contribution in [0.5, 0.6) is 0 Å². The third-order valence-corrected chi connectivity index (χ3v) is 4.38. The zero-order valence-corrected chi connectivity index (χ0v) is 12.7. The summed E-state index contributed by atoms with van der Waals surface area (Å²) in [5.41, 5.74) is 1.35. The molecule has 0 unspecified atom stereocenters. The molecule has 2 aromatic rings. The van der Waals surface area contributed by atoms with Crippen molar-refractivity contribution >= 4 is 12.2 Å². The molecule has 3 rings (SSSR count). The number of likely N-dealkylation sites (tertiary alicyclic amines) is 1. The molecule has 1 aromatic carbocycles. The minimum absolute atomic E-state index is 0.0721. The van der Waals surface area contributed by atoms with Gasteiger partial charge in [-0.15, -0.1) is 0 Å². The zero-order valence-electron chi connectivity index (χ0n) is 11.9. The Morgan fingerprint density at radius 2 is 1.95 bits per heavy atom. The number of piperidine rings is 1. The lowest BCUT2D eigenvalue weighted by atomic mass is 10.0. The van der Waals surface area contributed by atoms with Crippen molar-refractivity contribution in [1.29, 1.82) is 0 Å². The van der Waals surface area contributed by atoms with Gasteiger partial charge in [-0.1, -0.05) is 30.3 Å². The molecular formula is C15H20N4OS. The summed E-state index contributed by atoms with van der Waals surface area (Å²) >= 11 is 5.27. The molecule has 0 aliphatic carbocycles. The van der Waals surface area contributed by atoms with Crippen LogP contribution in [0.1, 0.15) is 30.3 Å². The standard InChI is InChI=1S/C15H20N4OS/c20-11-14-16-17-15(21)19(14)13-6-8-18(9-7-13)10-12-4-2-1-3-5-12/h1-5,13,20H,6-11H2,(H,17,21). The molecule has 1 aromatic heterocycles. The van der Waals surface area contributed by atoms with Crippen molar-refractivity contribution in [2.45, 2.75) is 32.0 Å². The molecule has 1 fully saturated rings. The van der Waals surface area contributed by atoms with Gasteiger partial charge in [0.05, 0.1) is 0 Å². The maximum atomic E-state index is 9.35. The van der Waals surface area contributed by atoms with E-state index in [0.717, 1.165) is 32.5 Å². The van der Waals surface area contributed by atoms with E-state index < -0.39 is 0 Å². The predicted molar refractivity (Wildman–Crippen MR) is 83.3 cm³/mol. The molecule has 1 aliphatic heterocycles. The van der Waals surface area contributed by atoms with Gasteiger partial charge in [-0.2, -0.15) is 5.10 Å². The highest BCUT2D eigenvalue weighted by atomic mass is 32.1. The van der Waals surface area contributed by atoms with Crippen LogP contribution >= 0.6 is 12.2 Å². The van der Waals surface area contributed by atoms with Gasteiger partial charge in [0.1, 0.15) is 6.61 Å². The van der Waals surface area contributed by atoms with E-state index in [1.54, 1.807) is 0 Å². The maximum absolute atomic E-state index is 9.35. The first kappa shape index (κ1) is 14.4. The van der Waals surface area contributed by atoms with Gasteiger partial charge in [-0.05, 0) is 30.6 Å². The number of nitrogens with zero attached hydrogens (tertiary/aromatic N) is 3. The first-order valence-corrected chi connectivity index (χ1v) is 7.71. The smallest absolute Gasteiger partial charge is 0.195 e. The van der Waals surface area contributed by atoms with Crippen LogP contribution in [0.3, 0.4) is 0 Å². The van der Waals surface area contributed by atoms with Crippen molar-refractivity contribution in [3.63, 3.8) is 0 Å². The van der Waals surface area contributed by atoms with E-state index in [2.05, 4.69) is 39.4 Å². The zero-order chi connectivity index (χ0) is 14.7. The van der Waals surface area contributed by atoms with Crippen LogP contribution in [0.2, 0.25) is 0 Å². The van der Waals surface area contributed by atoms with E-state index in [9.17, 15) is 5.11 Å². The fourth-order valence-electron chi connectivity index (χ4n) is 3.00. The highest BCUT2D eigenvalue weighted by molar-refractivity contribution is 7.71. The highest BCUT2D eigenvalue weighted by Crippen LogP contribution is 2.25. The van der Waals surface area contributed by atoms with Gasteiger partial charge in [0.2, 0.25) is 0 Å². The van der Waals surface area contributed by atoms with Crippen LogP contribution < -0.4 is 0 Å². The fraction of sp³-hybridized carbons (Fsp3) is 0.467. The largest absolute Gasteiger partial charge is 0.388 e. The first-order chi connectivity index (χ1) is 10.3. The summed E-state index contributed by atoms with van der Waals surface area (Å²) in [4.78, 5) is 2.47. The summed E-state index contributed by atoms with van der Waals surface area (Å²) in [6.45, 7) is 3.00. The Morgan fingerprint density at radius 1 is 1.24 bits per heavy atom. The van der Waals surface area contributed by atoms with Crippen molar-refractivity contribution < 1.29 is 5.11 Å². The predicted octanol–water partition coefficient (Wildman–Crippen LogP) is 2.27. The maximum Gasteiger partial charge on any atom is 0.195 e. The lowest BCUT2D eigenvalue weighted by Gasteiger charge is -2.32. The van der Waals surface area contributed by atoms with E-state index >= 15 is 0 Å². The number of aromatic nitrogens is 3. The van der Waals surface area contributed by atoms with Gasteiger partial charge in [-0.25, -0.2) is 0 Å². The van der Waals surface area contributed by atoms with E-state index in [-0.39, 0.29) is 6.61 Å². The third kappa shape index (κ3) is 3.23.